The molecule has 21 heavy (non-hydrogen) atoms. The lowest BCUT2D eigenvalue weighted by Crippen LogP contribution is -2.44. The van der Waals surface area contributed by atoms with Crippen LogP contribution in [0.2, 0.25) is 0 Å². The third kappa shape index (κ3) is 2.47. The zero-order valence-electron chi connectivity index (χ0n) is 12.2. The molecular formula is C15H17N3O2S. The maximum atomic E-state index is 12.4. The van der Waals surface area contributed by atoms with Crippen LogP contribution in [0, 0.1) is 13.8 Å². The number of aromatic nitrogens is 1. The minimum atomic E-state index is -0.513. The summed E-state index contributed by atoms with van der Waals surface area (Å²) in [6.45, 7) is 6.23. The molecule has 1 atom stereocenters. The molecule has 0 aliphatic carbocycles. The van der Waals surface area contributed by atoms with Gasteiger partial charge in [-0.3, -0.25) is 9.69 Å². The van der Waals surface area contributed by atoms with Crippen LogP contribution in [0.4, 0.5) is 11.4 Å². The summed E-state index contributed by atoms with van der Waals surface area (Å²) in [7, 11) is 0. The van der Waals surface area contributed by atoms with Crippen molar-refractivity contribution in [1.29, 1.82) is 0 Å². The minimum absolute atomic E-state index is 0.0576. The molecule has 0 bridgehead atoms. The summed E-state index contributed by atoms with van der Waals surface area (Å²) < 4.78 is 5.63. The van der Waals surface area contributed by atoms with Gasteiger partial charge in [0, 0.05) is 16.6 Å². The third-order valence-electron chi connectivity index (χ3n) is 3.56. The zero-order valence-corrected chi connectivity index (χ0v) is 13.0. The molecule has 1 aliphatic heterocycles. The van der Waals surface area contributed by atoms with Gasteiger partial charge in [0.1, 0.15) is 10.8 Å². The third-order valence-corrected chi connectivity index (χ3v) is 4.62. The van der Waals surface area contributed by atoms with E-state index in [0.717, 1.165) is 16.4 Å². The number of benzene rings is 1. The first-order valence-corrected chi connectivity index (χ1v) is 7.58. The first-order valence-electron chi connectivity index (χ1n) is 6.76. The number of nitrogens with zero attached hydrogens (tertiary/aromatic N) is 2. The monoisotopic (exact) mass is 303 g/mol. The van der Waals surface area contributed by atoms with Gasteiger partial charge in [-0.2, -0.15) is 0 Å². The topological polar surface area (TPSA) is 68.5 Å². The molecule has 1 aromatic heterocycles. The Bertz CT molecular complexity index is 691. The van der Waals surface area contributed by atoms with Crippen molar-refractivity contribution in [2.75, 3.05) is 10.6 Å². The highest BCUT2D eigenvalue weighted by Crippen LogP contribution is 2.36. The van der Waals surface area contributed by atoms with Gasteiger partial charge < -0.3 is 10.5 Å². The van der Waals surface area contributed by atoms with Crippen LogP contribution in [-0.2, 0) is 11.3 Å². The van der Waals surface area contributed by atoms with E-state index in [1.54, 1.807) is 35.3 Å². The van der Waals surface area contributed by atoms with Crippen molar-refractivity contribution in [2.45, 2.75) is 33.4 Å². The van der Waals surface area contributed by atoms with E-state index in [1.165, 1.54) is 4.88 Å². The summed E-state index contributed by atoms with van der Waals surface area (Å²) in [5.41, 5.74) is 8.17. The van der Waals surface area contributed by atoms with Crippen LogP contribution >= 0.6 is 11.3 Å². The Morgan fingerprint density at radius 1 is 1.43 bits per heavy atom. The van der Waals surface area contributed by atoms with E-state index in [0.29, 0.717) is 18.0 Å². The number of carbonyl (C=O) groups is 1. The molecule has 110 valence electrons. The Morgan fingerprint density at radius 2 is 2.19 bits per heavy atom. The molecule has 1 amide bonds. The molecule has 0 radical (unpaired) electrons. The predicted octanol–water partition coefficient (Wildman–Crippen LogP) is 2.66. The van der Waals surface area contributed by atoms with Crippen LogP contribution in [0.5, 0.6) is 5.75 Å². The van der Waals surface area contributed by atoms with Gasteiger partial charge in [0.25, 0.3) is 5.91 Å². The Morgan fingerprint density at radius 3 is 2.86 bits per heavy atom. The number of hydrogen-bond donors (Lipinski definition) is 1. The molecule has 0 saturated heterocycles. The molecule has 1 aromatic carbocycles. The van der Waals surface area contributed by atoms with E-state index in [1.807, 2.05) is 19.9 Å². The number of nitrogen functional groups attached to an aromatic ring is 1. The van der Waals surface area contributed by atoms with Crippen LogP contribution in [-0.4, -0.2) is 17.0 Å². The lowest BCUT2D eigenvalue weighted by atomic mass is 10.1. The summed E-state index contributed by atoms with van der Waals surface area (Å²) >= 11 is 1.62. The molecule has 2 heterocycles. The number of rotatable bonds is 2. The zero-order chi connectivity index (χ0) is 15.1. The van der Waals surface area contributed by atoms with Crippen LogP contribution in [0.3, 0.4) is 0 Å². The van der Waals surface area contributed by atoms with E-state index in [9.17, 15) is 4.79 Å². The molecular weight excluding hydrogens is 286 g/mol. The molecule has 1 aliphatic rings. The van der Waals surface area contributed by atoms with Gasteiger partial charge in [0.05, 0.1) is 17.9 Å². The fourth-order valence-corrected chi connectivity index (χ4v) is 3.26. The molecule has 2 N–H and O–H groups in total. The Labute approximate surface area is 127 Å². The van der Waals surface area contributed by atoms with Gasteiger partial charge in [-0.15, -0.1) is 11.3 Å². The summed E-state index contributed by atoms with van der Waals surface area (Å²) in [6.07, 6.45) is -0.513. The average molecular weight is 303 g/mol. The Balaban J connectivity index is 1.98. The van der Waals surface area contributed by atoms with Gasteiger partial charge >= 0.3 is 0 Å². The van der Waals surface area contributed by atoms with Gasteiger partial charge in [0.15, 0.2) is 6.10 Å². The smallest absolute Gasteiger partial charge is 0.268 e. The van der Waals surface area contributed by atoms with Crippen molar-refractivity contribution < 1.29 is 9.53 Å². The summed E-state index contributed by atoms with van der Waals surface area (Å²) in [5, 5.41) is 0.926. The second kappa shape index (κ2) is 5.04. The largest absolute Gasteiger partial charge is 0.479 e. The second-order valence-corrected chi connectivity index (χ2v) is 6.45. The standard InChI is InChI=1S/C15H17N3O2S/c1-8-10(3)21-14(17-8)7-18-12-5-4-11(16)6-13(12)20-9(2)15(18)19/h4-6,9H,7,16H2,1-3H3. The predicted molar refractivity (Wildman–Crippen MR) is 83.7 cm³/mol. The Kier molecular flexibility index (Phi) is 3.33. The van der Waals surface area contributed by atoms with Gasteiger partial charge in [-0.25, -0.2) is 4.98 Å². The highest BCUT2D eigenvalue weighted by Gasteiger charge is 2.32. The molecule has 0 fully saturated rings. The molecule has 0 saturated carbocycles. The first kappa shape index (κ1) is 13.9. The van der Waals surface area contributed by atoms with Crippen LogP contribution in [0.15, 0.2) is 18.2 Å². The number of amides is 1. The van der Waals surface area contributed by atoms with Crippen LogP contribution < -0.4 is 15.4 Å². The van der Waals surface area contributed by atoms with Crippen molar-refractivity contribution in [3.05, 3.63) is 33.8 Å². The minimum Gasteiger partial charge on any atom is -0.479 e. The number of carbonyl (C=O) groups excluding carboxylic acids is 1. The maximum Gasteiger partial charge on any atom is 0.268 e. The normalized spacial score (nSPS) is 17.6. The lowest BCUT2D eigenvalue weighted by Gasteiger charge is -2.32. The number of thiazole rings is 1. The van der Waals surface area contributed by atoms with Crippen molar-refractivity contribution >= 4 is 28.6 Å². The van der Waals surface area contributed by atoms with Crippen LogP contribution in [0.1, 0.15) is 22.5 Å². The summed E-state index contributed by atoms with van der Waals surface area (Å²) in [4.78, 5) is 19.8. The number of nitrogens with two attached hydrogens (primary N) is 1. The number of fused-ring (bicyclic) bond motifs is 1. The average Bonchev–Trinajstić information content (AvgIpc) is 2.73. The number of aryl methyl sites for hydroxylation is 2. The number of anilines is 2. The van der Waals surface area contributed by atoms with Crippen molar-refractivity contribution in [2.24, 2.45) is 0 Å². The van der Waals surface area contributed by atoms with Crippen LogP contribution in [0.25, 0.3) is 0 Å². The van der Waals surface area contributed by atoms with Gasteiger partial charge in [0.2, 0.25) is 0 Å². The SMILES string of the molecule is Cc1nc(CN2C(=O)C(C)Oc3cc(N)ccc32)sc1C. The fraction of sp³-hybridized carbons (Fsp3) is 0.333. The highest BCUT2D eigenvalue weighted by atomic mass is 32.1. The number of ether oxygens (including phenoxy) is 1. The molecule has 1 unspecified atom stereocenters. The summed E-state index contributed by atoms with van der Waals surface area (Å²) in [6, 6.07) is 5.35. The van der Waals surface area contributed by atoms with Gasteiger partial charge in [-0.05, 0) is 32.9 Å². The molecule has 5 nitrogen and oxygen atoms in total. The van der Waals surface area contributed by atoms with E-state index >= 15 is 0 Å². The summed E-state index contributed by atoms with van der Waals surface area (Å²) in [5.74, 6) is 0.588. The highest BCUT2D eigenvalue weighted by molar-refractivity contribution is 7.11. The van der Waals surface area contributed by atoms with Crippen molar-refractivity contribution in [1.82, 2.24) is 4.98 Å². The Hall–Kier alpha value is -2.08. The first-order chi connectivity index (χ1) is 9.95. The number of hydrogen-bond acceptors (Lipinski definition) is 5. The van der Waals surface area contributed by atoms with E-state index < -0.39 is 6.10 Å². The fourth-order valence-electron chi connectivity index (χ4n) is 2.33. The van der Waals surface area contributed by atoms with E-state index in [-0.39, 0.29) is 5.91 Å². The molecule has 6 heteroatoms. The van der Waals surface area contributed by atoms with Gasteiger partial charge in [-0.1, -0.05) is 0 Å². The van der Waals surface area contributed by atoms with Crippen molar-refractivity contribution in [3.8, 4) is 5.75 Å². The lowest BCUT2D eigenvalue weighted by molar-refractivity contribution is -0.125. The quantitative estimate of drug-likeness (QED) is 0.866. The van der Waals surface area contributed by atoms with E-state index in [2.05, 4.69) is 4.98 Å². The second-order valence-electron chi connectivity index (χ2n) is 5.16. The maximum absolute atomic E-state index is 12.4. The molecule has 3 rings (SSSR count). The molecule has 0 spiro atoms. The molecule has 2 aromatic rings. The van der Waals surface area contributed by atoms with Crippen molar-refractivity contribution in [3.63, 3.8) is 0 Å². The van der Waals surface area contributed by atoms with E-state index in [4.69, 9.17) is 10.5 Å².